The Hall–Kier alpha value is -2.50. The summed E-state index contributed by atoms with van der Waals surface area (Å²) in [5.74, 6) is 1.21. The lowest BCUT2D eigenvalue weighted by molar-refractivity contribution is -0.143. The first-order valence-corrected chi connectivity index (χ1v) is 9.07. The number of esters is 1. The highest BCUT2D eigenvalue weighted by molar-refractivity contribution is 5.91. The molecule has 0 bridgehead atoms. The highest BCUT2D eigenvalue weighted by Gasteiger charge is 2.37. The van der Waals surface area contributed by atoms with E-state index in [0.29, 0.717) is 44.2 Å². The molecular formula is C20H25NO5. The SMILES string of the molecule is CCOc1cc2c(cc1OCC)C1CC(=O)C=CN1C(COC(C)=O)C2. The summed E-state index contributed by atoms with van der Waals surface area (Å²) in [5, 5.41) is 0. The molecule has 140 valence electrons. The zero-order valence-corrected chi connectivity index (χ0v) is 15.5. The second-order valence-corrected chi connectivity index (χ2v) is 6.47. The Morgan fingerprint density at radius 1 is 1.15 bits per heavy atom. The van der Waals surface area contributed by atoms with Crippen molar-refractivity contribution in [3.8, 4) is 11.5 Å². The average molecular weight is 359 g/mol. The Morgan fingerprint density at radius 3 is 2.50 bits per heavy atom. The third-order valence-electron chi connectivity index (χ3n) is 4.71. The Balaban J connectivity index is 2.00. The van der Waals surface area contributed by atoms with Crippen molar-refractivity contribution in [3.63, 3.8) is 0 Å². The van der Waals surface area contributed by atoms with Crippen molar-refractivity contribution in [2.24, 2.45) is 0 Å². The third kappa shape index (κ3) is 3.69. The smallest absolute Gasteiger partial charge is 0.302 e. The fraction of sp³-hybridized carbons (Fsp3) is 0.500. The summed E-state index contributed by atoms with van der Waals surface area (Å²) >= 11 is 0. The van der Waals surface area contributed by atoms with Crippen molar-refractivity contribution in [2.75, 3.05) is 19.8 Å². The second kappa shape index (κ2) is 7.81. The molecule has 0 amide bonds. The van der Waals surface area contributed by atoms with E-state index in [-0.39, 0.29) is 23.8 Å². The van der Waals surface area contributed by atoms with Gasteiger partial charge < -0.3 is 19.1 Å². The van der Waals surface area contributed by atoms with Crippen molar-refractivity contribution in [1.82, 2.24) is 4.90 Å². The van der Waals surface area contributed by atoms with Crippen LogP contribution >= 0.6 is 0 Å². The predicted molar refractivity (Wildman–Crippen MR) is 96.2 cm³/mol. The van der Waals surface area contributed by atoms with Gasteiger partial charge in [-0.3, -0.25) is 9.59 Å². The van der Waals surface area contributed by atoms with Crippen LogP contribution in [0.2, 0.25) is 0 Å². The monoisotopic (exact) mass is 359 g/mol. The molecule has 3 rings (SSSR count). The molecule has 0 saturated carbocycles. The molecule has 0 radical (unpaired) electrons. The first kappa shape index (κ1) is 18.3. The number of nitrogens with zero attached hydrogens (tertiary/aromatic N) is 1. The molecule has 6 nitrogen and oxygen atoms in total. The van der Waals surface area contributed by atoms with Gasteiger partial charge in [-0.2, -0.15) is 0 Å². The number of ether oxygens (including phenoxy) is 3. The van der Waals surface area contributed by atoms with E-state index >= 15 is 0 Å². The van der Waals surface area contributed by atoms with E-state index in [0.717, 1.165) is 11.1 Å². The van der Waals surface area contributed by atoms with Gasteiger partial charge in [0.2, 0.25) is 0 Å². The van der Waals surface area contributed by atoms with Gasteiger partial charge in [0.05, 0.1) is 25.3 Å². The van der Waals surface area contributed by atoms with Gasteiger partial charge in [-0.25, -0.2) is 0 Å². The molecule has 1 aromatic rings. The van der Waals surface area contributed by atoms with Crippen LogP contribution in [-0.2, 0) is 20.7 Å². The minimum absolute atomic E-state index is 0.00632. The third-order valence-corrected chi connectivity index (χ3v) is 4.71. The zero-order chi connectivity index (χ0) is 18.7. The van der Waals surface area contributed by atoms with Gasteiger partial charge in [0.1, 0.15) is 6.61 Å². The van der Waals surface area contributed by atoms with Crippen LogP contribution in [0.1, 0.15) is 44.4 Å². The fourth-order valence-corrected chi connectivity index (χ4v) is 3.64. The number of hydrogen-bond donors (Lipinski definition) is 0. The molecule has 2 aliphatic heterocycles. The van der Waals surface area contributed by atoms with E-state index in [1.165, 1.54) is 6.92 Å². The predicted octanol–water partition coefficient (Wildman–Crippen LogP) is 2.80. The van der Waals surface area contributed by atoms with Crippen molar-refractivity contribution in [1.29, 1.82) is 0 Å². The molecule has 0 saturated heterocycles. The molecule has 0 aromatic heterocycles. The number of benzene rings is 1. The lowest BCUT2D eigenvalue weighted by Crippen LogP contribution is -2.45. The number of allylic oxidation sites excluding steroid dienone is 1. The number of carbonyl (C=O) groups excluding carboxylic acids is 2. The summed E-state index contributed by atoms with van der Waals surface area (Å²) in [5.41, 5.74) is 2.19. The summed E-state index contributed by atoms with van der Waals surface area (Å²) in [4.78, 5) is 25.4. The Morgan fingerprint density at radius 2 is 1.85 bits per heavy atom. The van der Waals surface area contributed by atoms with Gasteiger partial charge in [0.25, 0.3) is 0 Å². The minimum Gasteiger partial charge on any atom is -0.490 e. The van der Waals surface area contributed by atoms with Crippen molar-refractivity contribution in [3.05, 3.63) is 35.5 Å². The van der Waals surface area contributed by atoms with Crippen LogP contribution in [0.3, 0.4) is 0 Å². The van der Waals surface area contributed by atoms with Gasteiger partial charge in [-0.1, -0.05) is 0 Å². The van der Waals surface area contributed by atoms with E-state index in [4.69, 9.17) is 14.2 Å². The molecule has 2 atom stereocenters. The Bertz CT molecular complexity index is 727. The quantitative estimate of drug-likeness (QED) is 0.728. The van der Waals surface area contributed by atoms with Crippen LogP contribution in [-0.4, -0.2) is 42.5 Å². The number of carbonyl (C=O) groups is 2. The maximum Gasteiger partial charge on any atom is 0.302 e. The molecule has 0 fully saturated rings. The second-order valence-electron chi connectivity index (χ2n) is 6.47. The van der Waals surface area contributed by atoms with Crippen LogP contribution in [0.4, 0.5) is 0 Å². The van der Waals surface area contributed by atoms with Crippen molar-refractivity contribution in [2.45, 2.75) is 45.7 Å². The van der Waals surface area contributed by atoms with Gasteiger partial charge in [-0.15, -0.1) is 0 Å². The van der Waals surface area contributed by atoms with Gasteiger partial charge in [-0.05, 0) is 49.6 Å². The van der Waals surface area contributed by atoms with E-state index in [9.17, 15) is 9.59 Å². The minimum atomic E-state index is -0.300. The first-order valence-electron chi connectivity index (χ1n) is 9.07. The Labute approximate surface area is 153 Å². The zero-order valence-electron chi connectivity index (χ0n) is 15.5. The van der Waals surface area contributed by atoms with Crippen LogP contribution in [0.25, 0.3) is 0 Å². The molecule has 0 N–H and O–H groups in total. The standard InChI is InChI=1S/C20H25NO5/c1-4-24-19-9-14-8-15(12-26-13(3)22)21-7-6-16(23)10-18(21)17(14)11-20(19)25-5-2/h6-7,9,11,15,18H,4-5,8,10,12H2,1-3H3. The number of fused-ring (bicyclic) bond motifs is 3. The van der Waals surface area contributed by atoms with E-state index in [2.05, 4.69) is 4.90 Å². The number of ketones is 1. The summed E-state index contributed by atoms with van der Waals surface area (Å²) in [7, 11) is 0. The maximum atomic E-state index is 12.0. The largest absolute Gasteiger partial charge is 0.490 e. The molecule has 2 aliphatic rings. The van der Waals surface area contributed by atoms with Gasteiger partial charge in [0, 0.05) is 19.5 Å². The van der Waals surface area contributed by atoms with Crippen LogP contribution in [0.15, 0.2) is 24.4 Å². The van der Waals surface area contributed by atoms with Crippen LogP contribution in [0, 0.1) is 0 Å². The van der Waals surface area contributed by atoms with Gasteiger partial charge >= 0.3 is 5.97 Å². The molecule has 6 heteroatoms. The maximum absolute atomic E-state index is 12.0. The first-order chi connectivity index (χ1) is 12.5. The molecular weight excluding hydrogens is 334 g/mol. The average Bonchev–Trinajstić information content (AvgIpc) is 2.60. The molecule has 2 unspecified atom stereocenters. The summed E-state index contributed by atoms with van der Waals surface area (Å²) in [6, 6.07) is 3.92. The molecule has 0 aliphatic carbocycles. The fourth-order valence-electron chi connectivity index (χ4n) is 3.64. The lowest BCUT2D eigenvalue weighted by atomic mass is 9.84. The normalized spacial score (nSPS) is 21.0. The molecule has 2 heterocycles. The van der Waals surface area contributed by atoms with E-state index < -0.39 is 0 Å². The van der Waals surface area contributed by atoms with E-state index in [1.807, 2.05) is 32.2 Å². The van der Waals surface area contributed by atoms with E-state index in [1.54, 1.807) is 6.08 Å². The number of rotatable bonds is 6. The molecule has 0 spiro atoms. The van der Waals surface area contributed by atoms with Crippen molar-refractivity contribution >= 4 is 11.8 Å². The summed E-state index contributed by atoms with van der Waals surface area (Å²) in [6.07, 6.45) is 4.54. The topological polar surface area (TPSA) is 65.1 Å². The summed E-state index contributed by atoms with van der Waals surface area (Å²) < 4.78 is 16.8. The number of hydrogen-bond acceptors (Lipinski definition) is 6. The highest BCUT2D eigenvalue weighted by Crippen LogP contribution is 2.43. The molecule has 26 heavy (non-hydrogen) atoms. The van der Waals surface area contributed by atoms with Crippen LogP contribution in [0.5, 0.6) is 11.5 Å². The highest BCUT2D eigenvalue weighted by atomic mass is 16.5. The van der Waals surface area contributed by atoms with Crippen molar-refractivity contribution < 1.29 is 23.8 Å². The van der Waals surface area contributed by atoms with Gasteiger partial charge in [0.15, 0.2) is 17.3 Å². The Kier molecular flexibility index (Phi) is 5.49. The summed E-state index contributed by atoms with van der Waals surface area (Å²) in [6.45, 7) is 6.66. The molecule has 1 aromatic carbocycles. The lowest BCUT2D eigenvalue weighted by Gasteiger charge is -2.44. The van der Waals surface area contributed by atoms with Crippen LogP contribution < -0.4 is 9.47 Å².